The van der Waals surface area contributed by atoms with Crippen molar-refractivity contribution in [2.45, 2.75) is 0 Å². The fourth-order valence-corrected chi connectivity index (χ4v) is 2.60. The van der Waals surface area contributed by atoms with Gasteiger partial charge in [0.1, 0.15) is 17.0 Å². The third kappa shape index (κ3) is 3.80. The van der Waals surface area contributed by atoms with E-state index in [1.807, 2.05) is 0 Å². The fourth-order valence-electron chi connectivity index (χ4n) is 2.34. The number of fused-ring (bicyclic) bond motifs is 1. The number of primary amides is 1. The van der Waals surface area contributed by atoms with E-state index in [4.69, 9.17) is 14.3 Å². The lowest BCUT2D eigenvalue weighted by atomic mass is 10.1. The SMILES string of the molecule is COOSOc1ccc2c(NC(N)=O)c(C(=O)c3ccccc3)oc2c1. The number of hydrogen-bond acceptors (Lipinski definition) is 7. The van der Waals surface area contributed by atoms with Crippen LogP contribution in [0.4, 0.5) is 10.5 Å². The zero-order chi connectivity index (χ0) is 18.5. The molecular formula is C17H14N2O6S. The van der Waals surface area contributed by atoms with Gasteiger partial charge in [-0.25, -0.2) is 9.68 Å². The summed E-state index contributed by atoms with van der Waals surface area (Å²) in [7, 11) is 1.34. The van der Waals surface area contributed by atoms with Crippen molar-refractivity contribution in [3.63, 3.8) is 0 Å². The van der Waals surface area contributed by atoms with Crippen LogP contribution in [0.1, 0.15) is 16.1 Å². The molecule has 0 aliphatic carbocycles. The third-order valence-electron chi connectivity index (χ3n) is 3.38. The lowest BCUT2D eigenvalue weighted by molar-refractivity contribution is -0.164. The van der Waals surface area contributed by atoms with Crippen molar-refractivity contribution in [3.05, 3.63) is 59.9 Å². The van der Waals surface area contributed by atoms with Gasteiger partial charge in [0.2, 0.25) is 5.78 Å². The summed E-state index contributed by atoms with van der Waals surface area (Å²) < 4.78 is 15.5. The van der Waals surface area contributed by atoms with Crippen LogP contribution in [0.15, 0.2) is 52.9 Å². The number of carbonyl (C=O) groups excluding carboxylic acids is 2. The molecule has 9 heteroatoms. The number of furan rings is 1. The molecule has 0 unspecified atom stereocenters. The van der Waals surface area contributed by atoms with Crippen LogP contribution in [-0.2, 0) is 9.22 Å². The van der Waals surface area contributed by atoms with Crippen LogP contribution in [0.2, 0.25) is 0 Å². The van der Waals surface area contributed by atoms with Crippen LogP contribution in [0, 0.1) is 0 Å². The number of hydrogen-bond donors (Lipinski definition) is 2. The van der Waals surface area contributed by atoms with E-state index < -0.39 is 6.03 Å². The van der Waals surface area contributed by atoms with E-state index in [9.17, 15) is 9.59 Å². The number of rotatable bonds is 7. The third-order valence-corrected chi connectivity index (χ3v) is 3.83. The molecule has 3 N–H and O–H groups in total. The molecule has 3 aromatic rings. The number of amides is 2. The van der Waals surface area contributed by atoms with Crippen LogP contribution >= 0.6 is 12.3 Å². The molecule has 0 aliphatic heterocycles. The predicted octanol–water partition coefficient (Wildman–Crippen LogP) is 3.67. The molecule has 1 heterocycles. The maximum absolute atomic E-state index is 12.8. The number of nitrogens with one attached hydrogen (secondary N) is 1. The highest BCUT2D eigenvalue weighted by atomic mass is 32.2. The number of benzene rings is 2. The van der Waals surface area contributed by atoms with E-state index in [-0.39, 0.29) is 17.2 Å². The van der Waals surface area contributed by atoms with E-state index in [2.05, 4.69) is 14.5 Å². The molecule has 0 spiro atoms. The smallest absolute Gasteiger partial charge is 0.316 e. The van der Waals surface area contributed by atoms with E-state index in [1.54, 1.807) is 48.5 Å². The summed E-state index contributed by atoms with van der Waals surface area (Å²) in [5, 5.41) is 2.96. The highest BCUT2D eigenvalue weighted by Gasteiger charge is 2.23. The molecule has 3 rings (SSSR count). The minimum Gasteiger partial charge on any atom is -0.450 e. The molecule has 0 bridgehead atoms. The predicted molar refractivity (Wildman–Crippen MR) is 95.6 cm³/mol. The van der Waals surface area contributed by atoms with Crippen molar-refractivity contribution in [2.75, 3.05) is 12.4 Å². The minimum absolute atomic E-state index is 0.0251. The summed E-state index contributed by atoms with van der Waals surface area (Å²) in [5.74, 6) is -0.00862. The first-order valence-electron chi connectivity index (χ1n) is 7.37. The van der Waals surface area contributed by atoms with E-state index in [0.29, 0.717) is 34.6 Å². The summed E-state index contributed by atoms with van der Waals surface area (Å²) in [6.07, 6.45) is 0. The zero-order valence-corrected chi connectivity index (χ0v) is 14.4. The van der Waals surface area contributed by atoms with Crippen molar-refractivity contribution < 1.29 is 27.4 Å². The first kappa shape index (κ1) is 17.8. The van der Waals surface area contributed by atoms with Crippen LogP contribution < -0.4 is 15.2 Å². The highest BCUT2D eigenvalue weighted by molar-refractivity contribution is 7.90. The lowest BCUT2D eigenvalue weighted by Crippen LogP contribution is -2.20. The molecule has 0 atom stereocenters. The van der Waals surface area contributed by atoms with E-state index in [0.717, 1.165) is 0 Å². The van der Waals surface area contributed by atoms with E-state index >= 15 is 0 Å². The van der Waals surface area contributed by atoms with Gasteiger partial charge in [0.25, 0.3) is 12.3 Å². The molecule has 0 fully saturated rings. The Balaban J connectivity index is 2.03. The van der Waals surface area contributed by atoms with Crippen molar-refractivity contribution in [2.24, 2.45) is 5.73 Å². The van der Waals surface area contributed by atoms with Crippen LogP contribution in [-0.4, -0.2) is 18.9 Å². The molecule has 1 aromatic heterocycles. The van der Waals surface area contributed by atoms with Gasteiger partial charge in [-0.15, -0.1) is 4.33 Å². The van der Waals surface area contributed by atoms with Gasteiger partial charge in [0, 0.05) is 17.0 Å². The Bertz CT molecular complexity index is 941. The van der Waals surface area contributed by atoms with Crippen molar-refractivity contribution in [1.29, 1.82) is 0 Å². The molecule has 0 aliphatic rings. The maximum Gasteiger partial charge on any atom is 0.316 e. The fraction of sp³-hybridized carbons (Fsp3) is 0.0588. The number of ketones is 1. The van der Waals surface area contributed by atoms with Crippen LogP contribution in [0.25, 0.3) is 11.0 Å². The maximum atomic E-state index is 12.8. The second-order valence-corrected chi connectivity index (χ2v) is 5.47. The molecule has 8 nitrogen and oxygen atoms in total. The number of nitrogens with two attached hydrogens (primary N) is 1. The van der Waals surface area contributed by atoms with Gasteiger partial charge in [0.15, 0.2) is 5.76 Å². The van der Waals surface area contributed by atoms with Gasteiger partial charge in [0.05, 0.1) is 7.11 Å². The summed E-state index contributed by atoms with van der Waals surface area (Å²) in [6.45, 7) is 0. The average molecular weight is 374 g/mol. The number of urea groups is 1. The summed E-state index contributed by atoms with van der Waals surface area (Å²) >= 11 is 0.619. The molecular weight excluding hydrogens is 360 g/mol. The van der Waals surface area contributed by atoms with Crippen LogP contribution in [0.5, 0.6) is 5.75 Å². The Morgan fingerprint density at radius 3 is 2.62 bits per heavy atom. The zero-order valence-electron chi connectivity index (χ0n) is 13.6. The molecule has 26 heavy (non-hydrogen) atoms. The quantitative estimate of drug-likeness (QED) is 0.213. The second-order valence-electron chi connectivity index (χ2n) is 5.03. The Morgan fingerprint density at radius 2 is 1.92 bits per heavy atom. The summed E-state index contributed by atoms with van der Waals surface area (Å²) in [6, 6.07) is 12.6. The highest BCUT2D eigenvalue weighted by Crippen LogP contribution is 2.35. The van der Waals surface area contributed by atoms with Gasteiger partial charge < -0.3 is 19.7 Å². The minimum atomic E-state index is -0.806. The van der Waals surface area contributed by atoms with E-state index in [1.165, 1.54) is 7.11 Å². The molecule has 2 amide bonds. The topological polar surface area (TPSA) is 113 Å². The Morgan fingerprint density at radius 1 is 1.15 bits per heavy atom. The average Bonchev–Trinajstić information content (AvgIpc) is 2.99. The van der Waals surface area contributed by atoms with Crippen molar-refractivity contribution in [3.8, 4) is 5.75 Å². The van der Waals surface area contributed by atoms with Crippen molar-refractivity contribution in [1.82, 2.24) is 0 Å². The molecule has 134 valence electrons. The van der Waals surface area contributed by atoms with Gasteiger partial charge in [-0.1, -0.05) is 30.3 Å². The molecule has 2 aromatic carbocycles. The standard InChI is InChI=1S/C17H14N2O6S/c1-22-25-26-24-11-7-8-12-13(9-11)23-16(14(12)19-17(18)21)15(20)10-5-3-2-4-6-10/h2-9H,1H3,(H3,18,19,21). The molecule has 0 radical (unpaired) electrons. The van der Waals surface area contributed by atoms with Gasteiger partial charge in [-0.05, 0) is 12.1 Å². The Hall–Kier alpha value is -3.01. The van der Waals surface area contributed by atoms with Crippen molar-refractivity contribution >= 4 is 40.8 Å². The number of anilines is 1. The van der Waals surface area contributed by atoms with Gasteiger partial charge >= 0.3 is 6.03 Å². The Kier molecular flexibility index (Phi) is 5.42. The monoisotopic (exact) mass is 374 g/mol. The number of carbonyl (C=O) groups is 2. The van der Waals surface area contributed by atoms with Gasteiger partial charge in [-0.2, -0.15) is 0 Å². The summed E-state index contributed by atoms with van der Waals surface area (Å²) in [4.78, 5) is 28.5. The Labute approximate surface area is 152 Å². The summed E-state index contributed by atoms with van der Waals surface area (Å²) in [5.41, 5.74) is 6.19. The molecule has 0 saturated heterocycles. The largest absolute Gasteiger partial charge is 0.450 e. The second kappa shape index (κ2) is 7.91. The first-order valence-corrected chi connectivity index (χ1v) is 8.03. The van der Waals surface area contributed by atoms with Crippen LogP contribution in [0.3, 0.4) is 0 Å². The first-order chi connectivity index (χ1) is 12.6. The molecule has 0 saturated carbocycles. The lowest BCUT2D eigenvalue weighted by Gasteiger charge is -2.03. The normalized spacial score (nSPS) is 10.7. The van der Waals surface area contributed by atoms with Gasteiger partial charge in [-0.3, -0.25) is 4.79 Å².